The number of rotatable bonds is 4. The van der Waals surface area contributed by atoms with Crippen LogP contribution in [0, 0.1) is 24.6 Å². The van der Waals surface area contributed by atoms with Gasteiger partial charge in [0.2, 0.25) is 0 Å². The summed E-state index contributed by atoms with van der Waals surface area (Å²) < 4.78 is 18.9. The SMILES string of the molecule is Cc1c(C(=O)NC[C@H]2CCC[C@@H](CO)C2)oc2ccc(F)cc12. The van der Waals surface area contributed by atoms with Crippen molar-refractivity contribution in [2.45, 2.75) is 32.6 Å². The van der Waals surface area contributed by atoms with Crippen molar-refractivity contribution in [2.24, 2.45) is 11.8 Å². The number of aryl methyl sites for hydroxylation is 1. The lowest BCUT2D eigenvalue weighted by Gasteiger charge is -2.27. The summed E-state index contributed by atoms with van der Waals surface area (Å²) in [7, 11) is 0. The Kier molecular flexibility index (Phi) is 4.66. The molecule has 1 aliphatic carbocycles. The smallest absolute Gasteiger partial charge is 0.287 e. The summed E-state index contributed by atoms with van der Waals surface area (Å²) in [5.41, 5.74) is 1.18. The minimum absolute atomic E-state index is 0.221. The molecule has 2 N–H and O–H groups in total. The zero-order valence-electron chi connectivity index (χ0n) is 13.3. The molecule has 0 spiro atoms. The van der Waals surface area contributed by atoms with Crippen LogP contribution in [-0.4, -0.2) is 24.2 Å². The number of aliphatic hydroxyl groups excluding tert-OH is 1. The fourth-order valence-electron chi connectivity index (χ4n) is 3.48. The lowest BCUT2D eigenvalue weighted by atomic mass is 9.82. The zero-order chi connectivity index (χ0) is 16.4. The summed E-state index contributed by atoms with van der Waals surface area (Å²) in [6.45, 7) is 2.57. The van der Waals surface area contributed by atoms with Gasteiger partial charge in [-0.2, -0.15) is 0 Å². The van der Waals surface area contributed by atoms with E-state index in [-0.39, 0.29) is 24.1 Å². The molecule has 0 bridgehead atoms. The summed E-state index contributed by atoms with van der Waals surface area (Å²) >= 11 is 0. The van der Waals surface area contributed by atoms with Crippen molar-refractivity contribution in [2.75, 3.05) is 13.2 Å². The first-order valence-corrected chi connectivity index (χ1v) is 8.16. The van der Waals surface area contributed by atoms with Crippen LogP contribution in [0.3, 0.4) is 0 Å². The van der Waals surface area contributed by atoms with E-state index in [0.29, 0.717) is 34.9 Å². The molecule has 1 aromatic carbocycles. The van der Waals surface area contributed by atoms with Gasteiger partial charge in [-0.1, -0.05) is 6.42 Å². The largest absolute Gasteiger partial charge is 0.451 e. The third-order valence-corrected chi connectivity index (χ3v) is 4.81. The van der Waals surface area contributed by atoms with Crippen LogP contribution >= 0.6 is 0 Å². The maximum absolute atomic E-state index is 13.3. The first-order chi connectivity index (χ1) is 11.1. The number of carbonyl (C=O) groups is 1. The minimum Gasteiger partial charge on any atom is -0.451 e. The van der Waals surface area contributed by atoms with E-state index in [1.807, 2.05) is 0 Å². The molecule has 1 aliphatic rings. The van der Waals surface area contributed by atoms with Crippen molar-refractivity contribution >= 4 is 16.9 Å². The van der Waals surface area contributed by atoms with E-state index in [4.69, 9.17) is 4.42 Å². The minimum atomic E-state index is -0.342. The number of benzene rings is 1. The summed E-state index contributed by atoms with van der Waals surface area (Å²) in [6.07, 6.45) is 4.17. The molecular formula is C18H22FNO3. The van der Waals surface area contributed by atoms with Gasteiger partial charge < -0.3 is 14.8 Å². The highest BCUT2D eigenvalue weighted by Crippen LogP contribution is 2.29. The third kappa shape index (κ3) is 3.39. The van der Waals surface area contributed by atoms with Crippen LogP contribution in [0.4, 0.5) is 4.39 Å². The molecule has 5 heteroatoms. The Morgan fingerprint density at radius 1 is 1.39 bits per heavy atom. The second-order valence-corrected chi connectivity index (χ2v) is 6.49. The predicted octanol–water partition coefficient (Wildman–Crippen LogP) is 3.41. The van der Waals surface area contributed by atoms with E-state index >= 15 is 0 Å². The van der Waals surface area contributed by atoms with Gasteiger partial charge in [-0.3, -0.25) is 4.79 Å². The molecule has 3 rings (SSSR count). The Labute approximate surface area is 134 Å². The lowest BCUT2D eigenvalue weighted by Crippen LogP contribution is -2.32. The number of nitrogens with one attached hydrogen (secondary N) is 1. The second kappa shape index (κ2) is 6.71. The van der Waals surface area contributed by atoms with Crippen LogP contribution in [0.15, 0.2) is 22.6 Å². The molecule has 0 radical (unpaired) electrons. The zero-order valence-corrected chi connectivity index (χ0v) is 13.3. The Hall–Kier alpha value is -1.88. The van der Waals surface area contributed by atoms with E-state index in [1.165, 1.54) is 12.1 Å². The second-order valence-electron chi connectivity index (χ2n) is 6.49. The number of aliphatic hydroxyl groups is 1. The fourth-order valence-corrected chi connectivity index (χ4v) is 3.48. The average molecular weight is 319 g/mol. The number of carbonyl (C=O) groups excluding carboxylic acids is 1. The van der Waals surface area contributed by atoms with Gasteiger partial charge in [0.1, 0.15) is 11.4 Å². The first kappa shape index (κ1) is 16.0. The van der Waals surface area contributed by atoms with Crippen LogP contribution in [-0.2, 0) is 0 Å². The van der Waals surface area contributed by atoms with Gasteiger partial charge in [-0.15, -0.1) is 0 Å². The molecule has 0 unspecified atom stereocenters. The van der Waals surface area contributed by atoms with Crippen molar-refractivity contribution < 1.29 is 18.7 Å². The van der Waals surface area contributed by atoms with Gasteiger partial charge in [-0.25, -0.2) is 4.39 Å². The lowest BCUT2D eigenvalue weighted by molar-refractivity contribution is 0.0908. The molecule has 124 valence electrons. The highest BCUT2D eigenvalue weighted by molar-refractivity contribution is 5.98. The molecule has 1 amide bonds. The Balaban J connectivity index is 1.67. The van der Waals surface area contributed by atoms with E-state index < -0.39 is 0 Å². The molecule has 1 aromatic heterocycles. The van der Waals surface area contributed by atoms with Crippen molar-refractivity contribution in [3.63, 3.8) is 0 Å². The Bertz CT molecular complexity index is 710. The fraction of sp³-hybridized carbons (Fsp3) is 0.500. The number of amides is 1. The molecule has 4 nitrogen and oxygen atoms in total. The average Bonchev–Trinajstić information content (AvgIpc) is 2.89. The van der Waals surface area contributed by atoms with Gasteiger partial charge in [0, 0.05) is 24.1 Å². The van der Waals surface area contributed by atoms with Crippen LogP contribution in [0.2, 0.25) is 0 Å². The Morgan fingerprint density at radius 2 is 2.17 bits per heavy atom. The highest BCUT2D eigenvalue weighted by Gasteiger charge is 2.23. The van der Waals surface area contributed by atoms with Gasteiger partial charge >= 0.3 is 0 Å². The molecular weight excluding hydrogens is 297 g/mol. The van der Waals surface area contributed by atoms with Crippen LogP contribution < -0.4 is 5.32 Å². The van der Waals surface area contributed by atoms with E-state index in [9.17, 15) is 14.3 Å². The van der Waals surface area contributed by atoms with Crippen LogP contribution in [0.25, 0.3) is 11.0 Å². The number of fused-ring (bicyclic) bond motifs is 1. The van der Waals surface area contributed by atoms with E-state index in [0.717, 1.165) is 25.7 Å². The number of hydrogen-bond donors (Lipinski definition) is 2. The van der Waals surface area contributed by atoms with Crippen LogP contribution in [0.5, 0.6) is 0 Å². The number of hydrogen-bond acceptors (Lipinski definition) is 3. The molecule has 1 saturated carbocycles. The van der Waals surface area contributed by atoms with E-state index in [2.05, 4.69) is 5.32 Å². The van der Waals surface area contributed by atoms with Crippen molar-refractivity contribution in [3.8, 4) is 0 Å². The normalized spacial score (nSPS) is 21.5. The monoisotopic (exact) mass is 319 g/mol. The summed E-state index contributed by atoms with van der Waals surface area (Å²) in [5, 5.41) is 12.8. The molecule has 0 aliphatic heterocycles. The van der Waals surface area contributed by atoms with Gasteiger partial charge in [0.25, 0.3) is 5.91 Å². The maximum Gasteiger partial charge on any atom is 0.287 e. The molecule has 0 saturated heterocycles. The van der Waals surface area contributed by atoms with E-state index in [1.54, 1.807) is 13.0 Å². The van der Waals surface area contributed by atoms with Crippen molar-refractivity contribution in [3.05, 3.63) is 35.3 Å². The summed E-state index contributed by atoms with van der Waals surface area (Å²) in [4.78, 5) is 12.4. The van der Waals surface area contributed by atoms with Gasteiger partial charge in [0.05, 0.1) is 0 Å². The molecule has 2 aromatic rings. The molecule has 1 fully saturated rings. The predicted molar refractivity (Wildman–Crippen MR) is 85.8 cm³/mol. The van der Waals surface area contributed by atoms with Crippen LogP contribution in [0.1, 0.15) is 41.8 Å². The standard InChI is InChI=1S/C18H22FNO3/c1-11-15-8-14(19)5-6-16(15)23-17(11)18(22)20-9-12-3-2-4-13(7-12)10-21/h5-6,8,12-13,21H,2-4,7,9-10H2,1H3,(H,20,22)/t12-,13+/m0/s1. The molecule has 2 atom stereocenters. The first-order valence-electron chi connectivity index (χ1n) is 8.16. The number of furan rings is 1. The molecule has 23 heavy (non-hydrogen) atoms. The van der Waals surface area contributed by atoms with Crippen molar-refractivity contribution in [1.82, 2.24) is 5.32 Å². The third-order valence-electron chi connectivity index (χ3n) is 4.81. The Morgan fingerprint density at radius 3 is 2.96 bits per heavy atom. The van der Waals surface area contributed by atoms with Gasteiger partial charge in [-0.05, 0) is 56.2 Å². The topological polar surface area (TPSA) is 62.5 Å². The number of halogens is 1. The summed E-state index contributed by atoms with van der Waals surface area (Å²) in [6, 6.07) is 4.25. The summed E-state index contributed by atoms with van der Waals surface area (Å²) in [5.74, 6) is 0.393. The maximum atomic E-state index is 13.3. The highest BCUT2D eigenvalue weighted by atomic mass is 19.1. The quantitative estimate of drug-likeness (QED) is 0.908. The molecule has 1 heterocycles. The van der Waals surface area contributed by atoms with Crippen molar-refractivity contribution in [1.29, 1.82) is 0 Å². The van der Waals surface area contributed by atoms with Gasteiger partial charge in [0.15, 0.2) is 5.76 Å².